The summed E-state index contributed by atoms with van der Waals surface area (Å²) < 4.78 is 5.39. The lowest BCUT2D eigenvalue weighted by molar-refractivity contribution is -0.125. The van der Waals surface area contributed by atoms with E-state index >= 15 is 0 Å². The lowest BCUT2D eigenvalue weighted by atomic mass is 9.95. The number of hydrogen-bond donors (Lipinski definition) is 2. The first kappa shape index (κ1) is 15.3. The first-order chi connectivity index (χ1) is 9.33. The number of carbonyl (C=O) groups excluding carboxylic acids is 1. The summed E-state index contributed by atoms with van der Waals surface area (Å²) in [5.41, 5.74) is 2.58. The number of nitrogens with one attached hydrogen (secondary N) is 2. The van der Waals surface area contributed by atoms with Gasteiger partial charge in [-0.25, -0.2) is 0 Å². The van der Waals surface area contributed by atoms with E-state index in [9.17, 15) is 4.79 Å². The molecule has 0 aliphatic carbocycles. The molecule has 1 fully saturated rings. The molecule has 4 nitrogen and oxygen atoms in total. The number of ether oxygens (including phenoxy) is 1. The van der Waals surface area contributed by atoms with Crippen LogP contribution in [0.3, 0.4) is 0 Å². The van der Waals surface area contributed by atoms with Crippen LogP contribution >= 0.6 is 12.4 Å². The Hall–Kier alpha value is -1.10. The average molecular weight is 297 g/mol. The molecule has 3 rings (SSSR count). The molecule has 2 aliphatic rings. The van der Waals surface area contributed by atoms with Gasteiger partial charge in [0.15, 0.2) is 0 Å². The largest absolute Gasteiger partial charge is 0.379 e. The molecule has 0 aromatic heterocycles. The maximum absolute atomic E-state index is 12.2. The summed E-state index contributed by atoms with van der Waals surface area (Å²) >= 11 is 0. The van der Waals surface area contributed by atoms with Crippen molar-refractivity contribution in [1.29, 1.82) is 0 Å². The summed E-state index contributed by atoms with van der Waals surface area (Å²) in [5, 5.41) is 6.40. The third-order valence-electron chi connectivity index (χ3n) is 3.90. The Kier molecular flexibility index (Phi) is 5.40. The van der Waals surface area contributed by atoms with Gasteiger partial charge in [-0.05, 0) is 30.4 Å². The predicted molar refractivity (Wildman–Crippen MR) is 80.0 cm³/mol. The Bertz CT molecular complexity index is 461. The van der Waals surface area contributed by atoms with Crippen LogP contribution in [0, 0.1) is 0 Å². The highest BCUT2D eigenvalue weighted by Crippen LogP contribution is 2.16. The van der Waals surface area contributed by atoms with E-state index in [2.05, 4.69) is 22.8 Å². The number of hydrogen-bond acceptors (Lipinski definition) is 3. The third-order valence-corrected chi connectivity index (χ3v) is 3.90. The number of halogens is 1. The molecule has 1 amide bonds. The Morgan fingerprint density at radius 2 is 2.10 bits per heavy atom. The number of fused-ring (bicyclic) bond motifs is 1. The van der Waals surface area contributed by atoms with Gasteiger partial charge in [0.05, 0.1) is 18.7 Å². The molecular formula is C15H21ClN2O2. The Morgan fingerprint density at radius 3 is 2.85 bits per heavy atom. The molecule has 2 atom stereocenters. The smallest absolute Gasteiger partial charge is 0.237 e. The molecule has 0 saturated carbocycles. The van der Waals surface area contributed by atoms with E-state index < -0.39 is 0 Å². The van der Waals surface area contributed by atoms with Crippen LogP contribution < -0.4 is 10.6 Å². The van der Waals surface area contributed by atoms with Crippen molar-refractivity contribution in [2.45, 2.75) is 37.9 Å². The monoisotopic (exact) mass is 296 g/mol. The number of rotatable bonds is 2. The van der Waals surface area contributed by atoms with E-state index in [-0.39, 0.29) is 30.4 Å². The van der Waals surface area contributed by atoms with Gasteiger partial charge in [-0.1, -0.05) is 24.3 Å². The minimum Gasteiger partial charge on any atom is -0.379 e. The molecule has 0 radical (unpaired) electrons. The molecule has 2 unspecified atom stereocenters. The lowest BCUT2D eigenvalue weighted by Gasteiger charge is -2.29. The van der Waals surface area contributed by atoms with Gasteiger partial charge in [0.25, 0.3) is 0 Å². The highest BCUT2D eigenvalue weighted by Gasteiger charge is 2.26. The zero-order chi connectivity index (χ0) is 13.1. The van der Waals surface area contributed by atoms with Crippen molar-refractivity contribution in [3.05, 3.63) is 35.4 Å². The van der Waals surface area contributed by atoms with Crippen LogP contribution in [-0.4, -0.2) is 31.2 Å². The van der Waals surface area contributed by atoms with Crippen molar-refractivity contribution in [3.63, 3.8) is 0 Å². The van der Waals surface area contributed by atoms with Crippen LogP contribution in [0.5, 0.6) is 0 Å². The number of amides is 1. The number of carbonyl (C=O) groups is 1. The normalized spacial score (nSPS) is 25.2. The summed E-state index contributed by atoms with van der Waals surface area (Å²) in [6.45, 7) is 2.24. The lowest BCUT2D eigenvalue weighted by Crippen LogP contribution is -2.52. The van der Waals surface area contributed by atoms with Crippen molar-refractivity contribution in [2.75, 3.05) is 13.2 Å². The topological polar surface area (TPSA) is 50.4 Å². The molecule has 0 spiro atoms. The molecule has 2 heterocycles. The third kappa shape index (κ3) is 3.51. The second-order valence-electron chi connectivity index (χ2n) is 5.33. The molecular weight excluding hydrogens is 276 g/mol. The zero-order valence-electron chi connectivity index (χ0n) is 11.4. The van der Waals surface area contributed by atoms with Gasteiger partial charge in [-0.3, -0.25) is 4.79 Å². The highest BCUT2D eigenvalue weighted by molar-refractivity contribution is 5.85. The molecule has 20 heavy (non-hydrogen) atoms. The standard InChI is InChI=1S/C15H20N2O2.ClH/c18-15(17-13-6-3-7-19-10-13)14-8-11-4-1-2-5-12(11)9-16-14;/h1-2,4-5,13-14,16H,3,6-10H2,(H,17,18);1H. The van der Waals surface area contributed by atoms with Gasteiger partial charge < -0.3 is 15.4 Å². The minimum atomic E-state index is -0.114. The molecule has 0 bridgehead atoms. The summed E-state index contributed by atoms with van der Waals surface area (Å²) in [6.07, 6.45) is 2.83. The zero-order valence-corrected chi connectivity index (χ0v) is 12.2. The van der Waals surface area contributed by atoms with Crippen LogP contribution in [0.4, 0.5) is 0 Å². The van der Waals surface area contributed by atoms with Crippen LogP contribution in [0.1, 0.15) is 24.0 Å². The van der Waals surface area contributed by atoms with Crippen LogP contribution in [0.15, 0.2) is 24.3 Å². The van der Waals surface area contributed by atoms with Crippen molar-refractivity contribution in [3.8, 4) is 0 Å². The van der Waals surface area contributed by atoms with Crippen molar-refractivity contribution >= 4 is 18.3 Å². The van der Waals surface area contributed by atoms with Gasteiger partial charge in [-0.15, -0.1) is 12.4 Å². The first-order valence-corrected chi connectivity index (χ1v) is 7.01. The molecule has 1 aromatic rings. The quantitative estimate of drug-likeness (QED) is 0.868. The molecule has 5 heteroatoms. The summed E-state index contributed by atoms with van der Waals surface area (Å²) in [5.74, 6) is 0.102. The van der Waals surface area contributed by atoms with E-state index in [1.165, 1.54) is 11.1 Å². The summed E-state index contributed by atoms with van der Waals surface area (Å²) in [6, 6.07) is 8.37. The highest BCUT2D eigenvalue weighted by atomic mass is 35.5. The molecule has 2 aliphatic heterocycles. The van der Waals surface area contributed by atoms with Crippen LogP contribution in [0.25, 0.3) is 0 Å². The van der Waals surface area contributed by atoms with Gasteiger partial charge >= 0.3 is 0 Å². The van der Waals surface area contributed by atoms with Crippen molar-refractivity contribution < 1.29 is 9.53 Å². The van der Waals surface area contributed by atoms with Crippen molar-refractivity contribution in [1.82, 2.24) is 10.6 Å². The maximum atomic E-state index is 12.2. The fourth-order valence-corrected chi connectivity index (χ4v) is 2.80. The van der Waals surface area contributed by atoms with E-state index in [1.54, 1.807) is 0 Å². The molecule has 110 valence electrons. The molecule has 1 saturated heterocycles. The first-order valence-electron chi connectivity index (χ1n) is 7.01. The van der Waals surface area contributed by atoms with Crippen LogP contribution in [-0.2, 0) is 22.5 Å². The molecule has 2 N–H and O–H groups in total. The van der Waals surface area contributed by atoms with Crippen molar-refractivity contribution in [2.24, 2.45) is 0 Å². The van der Waals surface area contributed by atoms with E-state index in [0.29, 0.717) is 6.61 Å². The van der Waals surface area contributed by atoms with E-state index in [0.717, 1.165) is 32.4 Å². The summed E-state index contributed by atoms with van der Waals surface area (Å²) in [4.78, 5) is 12.2. The fourth-order valence-electron chi connectivity index (χ4n) is 2.80. The maximum Gasteiger partial charge on any atom is 0.237 e. The minimum absolute atomic E-state index is 0. The predicted octanol–water partition coefficient (Wildman–Crippen LogP) is 1.42. The SMILES string of the molecule is Cl.O=C(NC1CCCOC1)C1Cc2ccccc2CN1. The Morgan fingerprint density at radius 1 is 1.30 bits per heavy atom. The second-order valence-corrected chi connectivity index (χ2v) is 5.33. The number of benzene rings is 1. The summed E-state index contributed by atoms with van der Waals surface area (Å²) in [7, 11) is 0. The van der Waals surface area contributed by atoms with Crippen LogP contribution in [0.2, 0.25) is 0 Å². The average Bonchev–Trinajstić information content (AvgIpc) is 2.48. The fraction of sp³-hybridized carbons (Fsp3) is 0.533. The van der Waals surface area contributed by atoms with E-state index in [1.807, 2.05) is 12.1 Å². The van der Waals surface area contributed by atoms with Gasteiger partial charge in [-0.2, -0.15) is 0 Å². The second kappa shape index (κ2) is 7.07. The van der Waals surface area contributed by atoms with Gasteiger partial charge in [0, 0.05) is 13.2 Å². The van der Waals surface area contributed by atoms with Gasteiger partial charge in [0.1, 0.15) is 0 Å². The van der Waals surface area contributed by atoms with E-state index in [4.69, 9.17) is 4.74 Å². The Labute approximate surface area is 125 Å². The Balaban J connectivity index is 0.00000147. The van der Waals surface area contributed by atoms with Gasteiger partial charge in [0.2, 0.25) is 5.91 Å². The molecule has 1 aromatic carbocycles.